The highest BCUT2D eigenvalue weighted by Crippen LogP contribution is 2.34. The highest BCUT2D eigenvalue weighted by atomic mass is 16.5. The van der Waals surface area contributed by atoms with Gasteiger partial charge in [0.2, 0.25) is 0 Å². The minimum absolute atomic E-state index is 0.213. The normalized spacial score (nSPS) is 26.9. The van der Waals surface area contributed by atoms with Crippen molar-refractivity contribution in [1.82, 2.24) is 0 Å². The van der Waals surface area contributed by atoms with Gasteiger partial charge in [0.15, 0.2) is 0 Å². The molecule has 18 heavy (non-hydrogen) atoms. The summed E-state index contributed by atoms with van der Waals surface area (Å²) >= 11 is 0. The zero-order chi connectivity index (χ0) is 13.8. The van der Waals surface area contributed by atoms with Crippen LogP contribution in [0.4, 0.5) is 0 Å². The SMILES string of the molecule is CC(O)CCC(CCC1(C)CC(O)=CO1)C(C)C. The van der Waals surface area contributed by atoms with Crippen LogP contribution in [0.3, 0.4) is 0 Å². The lowest BCUT2D eigenvalue weighted by atomic mass is 9.82. The van der Waals surface area contributed by atoms with Gasteiger partial charge in [-0.3, -0.25) is 0 Å². The molecule has 0 radical (unpaired) electrons. The molecule has 0 saturated carbocycles. The molecule has 0 aromatic carbocycles. The van der Waals surface area contributed by atoms with Crippen LogP contribution in [0.5, 0.6) is 0 Å². The van der Waals surface area contributed by atoms with Gasteiger partial charge in [-0.15, -0.1) is 0 Å². The van der Waals surface area contributed by atoms with E-state index in [9.17, 15) is 10.2 Å². The predicted molar refractivity (Wildman–Crippen MR) is 73.3 cm³/mol. The second-order valence-corrected chi connectivity index (χ2v) is 6.32. The number of rotatable bonds is 7. The molecular weight excluding hydrogens is 228 g/mol. The van der Waals surface area contributed by atoms with E-state index in [1.807, 2.05) is 6.92 Å². The maximum Gasteiger partial charge on any atom is 0.131 e. The van der Waals surface area contributed by atoms with Gasteiger partial charge in [-0.1, -0.05) is 13.8 Å². The van der Waals surface area contributed by atoms with Gasteiger partial charge < -0.3 is 14.9 Å². The summed E-state index contributed by atoms with van der Waals surface area (Å²) in [7, 11) is 0. The van der Waals surface area contributed by atoms with E-state index in [0.717, 1.165) is 25.7 Å². The fraction of sp³-hybridized carbons (Fsp3) is 0.867. The van der Waals surface area contributed by atoms with Crippen LogP contribution in [0.1, 0.15) is 59.8 Å². The van der Waals surface area contributed by atoms with Gasteiger partial charge in [-0.25, -0.2) is 0 Å². The van der Waals surface area contributed by atoms with Crippen LogP contribution in [0.2, 0.25) is 0 Å². The Bertz CT molecular complexity index is 283. The van der Waals surface area contributed by atoms with E-state index in [1.165, 1.54) is 6.26 Å². The lowest BCUT2D eigenvalue weighted by Gasteiger charge is -2.28. The van der Waals surface area contributed by atoms with Crippen LogP contribution in [0.25, 0.3) is 0 Å². The van der Waals surface area contributed by atoms with E-state index < -0.39 is 0 Å². The highest BCUT2D eigenvalue weighted by Gasteiger charge is 2.32. The van der Waals surface area contributed by atoms with Crippen LogP contribution in [0.15, 0.2) is 12.0 Å². The molecule has 1 aliphatic rings. The Morgan fingerprint density at radius 3 is 2.39 bits per heavy atom. The fourth-order valence-corrected chi connectivity index (χ4v) is 2.58. The number of aliphatic hydroxyl groups excluding tert-OH is 2. The van der Waals surface area contributed by atoms with Crippen LogP contribution in [0, 0.1) is 11.8 Å². The zero-order valence-electron chi connectivity index (χ0n) is 12.1. The first-order valence-electron chi connectivity index (χ1n) is 7.06. The molecule has 0 amide bonds. The summed E-state index contributed by atoms with van der Waals surface area (Å²) < 4.78 is 5.55. The molecule has 0 aromatic heterocycles. The van der Waals surface area contributed by atoms with Gasteiger partial charge in [0.05, 0.1) is 6.10 Å². The largest absolute Gasteiger partial charge is 0.509 e. The quantitative estimate of drug-likeness (QED) is 0.729. The van der Waals surface area contributed by atoms with Crippen molar-refractivity contribution in [2.75, 3.05) is 0 Å². The number of hydrogen-bond acceptors (Lipinski definition) is 3. The zero-order valence-corrected chi connectivity index (χ0v) is 12.1. The first-order chi connectivity index (χ1) is 8.32. The Labute approximate surface area is 111 Å². The number of ether oxygens (including phenoxy) is 1. The van der Waals surface area contributed by atoms with Crippen molar-refractivity contribution in [3.63, 3.8) is 0 Å². The Morgan fingerprint density at radius 1 is 1.28 bits per heavy atom. The summed E-state index contributed by atoms with van der Waals surface area (Å²) in [5.41, 5.74) is -0.234. The molecule has 2 N–H and O–H groups in total. The van der Waals surface area contributed by atoms with Crippen molar-refractivity contribution in [3.05, 3.63) is 12.0 Å². The van der Waals surface area contributed by atoms with Crippen molar-refractivity contribution in [1.29, 1.82) is 0 Å². The van der Waals surface area contributed by atoms with Gasteiger partial charge in [0, 0.05) is 6.42 Å². The smallest absolute Gasteiger partial charge is 0.131 e. The predicted octanol–water partition coefficient (Wildman–Crippen LogP) is 3.78. The summed E-state index contributed by atoms with van der Waals surface area (Å²) in [5, 5.41) is 18.8. The third-order valence-electron chi connectivity index (χ3n) is 3.98. The van der Waals surface area contributed by atoms with E-state index in [1.54, 1.807) is 0 Å². The Morgan fingerprint density at radius 2 is 1.94 bits per heavy atom. The first-order valence-corrected chi connectivity index (χ1v) is 7.06. The Kier molecular flexibility index (Phi) is 5.51. The van der Waals surface area contributed by atoms with Crippen LogP contribution >= 0.6 is 0 Å². The topological polar surface area (TPSA) is 49.7 Å². The van der Waals surface area contributed by atoms with Crippen LogP contribution < -0.4 is 0 Å². The molecule has 0 aliphatic carbocycles. The minimum atomic E-state index is -0.234. The van der Waals surface area contributed by atoms with E-state index in [0.29, 0.717) is 24.0 Å². The molecule has 3 unspecified atom stereocenters. The Hall–Kier alpha value is -0.700. The van der Waals surface area contributed by atoms with E-state index in [-0.39, 0.29) is 11.7 Å². The molecule has 0 bridgehead atoms. The molecule has 0 aromatic rings. The summed E-state index contributed by atoms with van der Waals surface area (Å²) in [6.45, 7) is 8.38. The van der Waals surface area contributed by atoms with Crippen molar-refractivity contribution >= 4 is 0 Å². The van der Waals surface area contributed by atoms with E-state index in [2.05, 4.69) is 20.8 Å². The molecule has 0 spiro atoms. The number of aliphatic hydroxyl groups is 2. The second-order valence-electron chi connectivity index (χ2n) is 6.32. The molecule has 106 valence electrons. The summed E-state index contributed by atoms with van der Waals surface area (Å²) in [5.74, 6) is 1.58. The second kappa shape index (κ2) is 6.46. The Balaban J connectivity index is 2.38. The average Bonchev–Trinajstić information content (AvgIpc) is 2.58. The fourth-order valence-electron chi connectivity index (χ4n) is 2.58. The van der Waals surface area contributed by atoms with E-state index in [4.69, 9.17) is 4.74 Å². The van der Waals surface area contributed by atoms with Gasteiger partial charge in [-0.05, 0) is 51.4 Å². The third-order valence-corrected chi connectivity index (χ3v) is 3.98. The lowest BCUT2D eigenvalue weighted by Crippen LogP contribution is -2.25. The molecule has 3 nitrogen and oxygen atoms in total. The third kappa shape index (κ3) is 4.89. The minimum Gasteiger partial charge on any atom is -0.509 e. The molecule has 0 fully saturated rings. The van der Waals surface area contributed by atoms with Crippen LogP contribution in [-0.2, 0) is 4.74 Å². The van der Waals surface area contributed by atoms with Crippen LogP contribution in [-0.4, -0.2) is 21.9 Å². The maximum atomic E-state index is 9.42. The standard InChI is InChI=1S/C15H28O3/c1-11(2)13(6-5-12(3)16)7-8-15(4)9-14(17)10-18-15/h10-13,16-17H,5-9H2,1-4H3. The van der Waals surface area contributed by atoms with Gasteiger partial charge in [-0.2, -0.15) is 0 Å². The summed E-state index contributed by atoms with van der Waals surface area (Å²) in [6.07, 6.45) is 5.84. The van der Waals surface area contributed by atoms with Crippen molar-refractivity contribution in [3.8, 4) is 0 Å². The molecule has 1 aliphatic heterocycles. The van der Waals surface area contributed by atoms with Crippen molar-refractivity contribution in [2.45, 2.75) is 71.5 Å². The molecule has 3 heteroatoms. The maximum absolute atomic E-state index is 9.42. The molecule has 3 atom stereocenters. The molecule has 1 heterocycles. The van der Waals surface area contributed by atoms with Crippen molar-refractivity contribution in [2.24, 2.45) is 11.8 Å². The number of hydrogen-bond donors (Lipinski definition) is 2. The van der Waals surface area contributed by atoms with Gasteiger partial charge in [0.25, 0.3) is 0 Å². The summed E-state index contributed by atoms with van der Waals surface area (Å²) in [6, 6.07) is 0. The molecule has 1 rings (SSSR count). The van der Waals surface area contributed by atoms with Crippen molar-refractivity contribution < 1.29 is 14.9 Å². The van der Waals surface area contributed by atoms with Gasteiger partial charge in [0.1, 0.15) is 17.6 Å². The monoisotopic (exact) mass is 256 g/mol. The first kappa shape index (κ1) is 15.4. The van der Waals surface area contributed by atoms with E-state index >= 15 is 0 Å². The summed E-state index contributed by atoms with van der Waals surface area (Å²) in [4.78, 5) is 0. The van der Waals surface area contributed by atoms with Gasteiger partial charge >= 0.3 is 0 Å². The molecular formula is C15H28O3. The lowest BCUT2D eigenvalue weighted by molar-refractivity contribution is 0.0428. The molecule has 0 saturated heterocycles. The highest BCUT2D eigenvalue weighted by molar-refractivity contribution is 5.01. The average molecular weight is 256 g/mol.